The lowest BCUT2D eigenvalue weighted by Crippen LogP contribution is -2.24. The number of aromatic nitrogens is 1. The molecule has 0 spiro atoms. The van der Waals surface area contributed by atoms with Crippen LogP contribution in [0.15, 0.2) is 42.6 Å². The number of halogens is 1. The number of nitriles is 1. The highest BCUT2D eigenvalue weighted by molar-refractivity contribution is 7.18. The van der Waals surface area contributed by atoms with E-state index in [0.29, 0.717) is 10.6 Å². The molecule has 3 aromatic rings. The number of hydrogen-bond acceptors (Lipinski definition) is 4. The molecule has 0 bridgehead atoms. The number of fused-ring (bicyclic) bond motifs is 1. The summed E-state index contributed by atoms with van der Waals surface area (Å²) in [5.74, 6) is -0.545. The third-order valence-corrected chi connectivity index (χ3v) is 5.75. The summed E-state index contributed by atoms with van der Waals surface area (Å²) in [6.07, 6.45) is 2.26. The van der Waals surface area contributed by atoms with Gasteiger partial charge in [-0.05, 0) is 47.7 Å². The normalized spacial score (nSPS) is 15.2. The first-order chi connectivity index (χ1) is 13.1. The lowest BCUT2D eigenvalue weighted by atomic mass is 10.0. The van der Waals surface area contributed by atoms with Gasteiger partial charge in [0.2, 0.25) is 0 Å². The standard InChI is InChI=1S/C20H14FN3O2S/c21-16-6-4-11(8-12(16)9-22)19-23-10-18(27-19)15-3-1-2-14-13(15)5-7-17(14)24-20(25)26/h1-4,6,8,10,17,24H,5,7H2,(H,25,26)/t17-/m0/s1. The van der Waals surface area contributed by atoms with Crippen LogP contribution in [-0.4, -0.2) is 16.2 Å². The van der Waals surface area contributed by atoms with Gasteiger partial charge in [0, 0.05) is 11.8 Å². The van der Waals surface area contributed by atoms with Crippen LogP contribution in [-0.2, 0) is 6.42 Å². The van der Waals surface area contributed by atoms with Crippen molar-refractivity contribution in [1.29, 1.82) is 5.26 Å². The van der Waals surface area contributed by atoms with E-state index < -0.39 is 11.9 Å². The van der Waals surface area contributed by atoms with Crippen LogP contribution in [0, 0.1) is 17.1 Å². The minimum Gasteiger partial charge on any atom is -0.465 e. The fourth-order valence-electron chi connectivity index (χ4n) is 3.46. The summed E-state index contributed by atoms with van der Waals surface area (Å²) in [4.78, 5) is 16.4. The molecule has 7 heteroatoms. The molecule has 1 amide bonds. The Morgan fingerprint density at radius 2 is 2.22 bits per heavy atom. The fraction of sp³-hybridized carbons (Fsp3) is 0.150. The first kappa shape index (κ1) is 17.2. The van der Waals surface area contributed by atoms with E-state index in [4.69, 9.17) is 10.4 Å². The number of benzene rings is 2. The van der Waals surface area contributed by atoms with Gasteiger partial charge in [0.05, 0.1) is 16.5 Å². The number of rotatable bonds is 3. The highest BCUT2D eigenvalue weighted by atomic mass is 32.1. The first-order valence-electron chi connectivity index (χ1n) is 8.34. The van der Waals surface area contributed by atoms with E-state index >= 15 is 0 Å². The van der Waals surface area contributed by atoms with Gasteiger partial charge in [0.1, 0.15) is 16.9 Å². The molecule has 2 N–H and O–H groups in total. The maximum atomic E-state index is 13.5. The molecule has 4 rings (SSSR count). The number of thiazole rings is 1. The number of nitrogens with zero attached hydrogens (tertiary/aromatic N) is 2. The Kier molecular flexibility index (Phi) is 4.34. The second kappa shape index (κ2) is 6.82. The van der Waals surface area contributed by atoms with E-state index in [0.717, 1.165) is 34.4 Å². The van der Waals surface area contributed by atoms with Crippen LogP contribution in [0.25, 0.3) is 21.0 Å². The summed E-state index contributed by atoms with van der Waals surface area (Å²) < 4.78 is 13.5. The molecule has 0 saturated heterocycles. The van der Waals surface area contributed by atoms with Crippen molar-refractivity contribution in [2.24, 2.45) is 0 Å². The fourth-order valence-corrected chi connectivity index (χ4v) is 4.43. The smallest absolute Gasteiger partial charge is 0.405 e. The molecule has 2 aromatic carbocycles. The molecule has 0 unspecified atom stereocenters. The molecule has 0 fully saturated rings. The molecule has 1 atom stereocenters. The van der Waals surface area contributed by atoms with Crippen molar-refractivity contribution in [3.63, 3.8) is 0 Å². The SMILES string of the molecule is N#Cc1cc(-c2ncc(-c3cccc4c3CC[C@@H]4NC(=O)O)s2)ccc1F. The lowest BCUT2D eigenvalue weighted by Gasteiger charge is -2.12. The van der Waals surface area contributed by atoms with Gasteiger partial charge >= 0.3 is 6.09 Å². The zero-order valence-corrected chi connectivity index (χ0v) is 14.9. The molecular weight excluding hydrogens is 365 g/mol. The molecule has 0 aliphatic heterocycles. The monoisotopic (exact) mass is 379 g/mol. The molecule has 134 valence electrons. The maximum absolute atomic E-state index is 13.5. The number of hydrogen-bond donors (Lipinski definition) is 2. The van der Waals surface area contributed by atoms with Gasteiger partial charge in [0.15, 0.2) is 0 Å². The Morgan fingerprint density at radius 1 is 1.37 bits per heavy atom. The predicted octanol–water partition coefficient (Wildman–Crippen LogP) is 4.74. The number of nitrogens with one attached hydrogen (secondary N) is 1. The third-order valence-electron chi connectivity index (χ3n) is 4.67. The Bertz CT molecular complexity index is 1090. The average molecular weight is 379 g/mol. The van der Waals surface area contributed by atoms with E-state index in [2.05, 4.69) is 10.3 Å². The van der Waals surface area contributed by atoms with Gasteiger partial charge in [-0.3, -0.25) is 0 Å². The minimum atomic E-state index is -1.03. The van der Waals surface area contributed by atoms with E-state index in [9.17, 15) is 9.18 Å². The van der Waals surface area contributed by atoms with Gasteiger partial charge in [-0.15, -0.1) is 11.3 Å². The summed E-state index contributed by atoms with van der Waals surface area (Å²) in [6, 6.07) is 11.9. The maximum Gasteiger partial charge on any atom is 0.405 e. The van der Waals surface area contributed by atoms with Crippen LogP contribution >= 0.6 is 11.3 Å². The highest BCUT2D eigenvalue weighted by Crippen LogP contribution is 2.40. The summed E-state index contributed by atoms with van der Waals surface area (Å²) in [5, 5.41) is 21.3. The Morgan fingerprint density at radius 3 is 3.00 bits per heavy atom. The van der Waals surface area contributed by atoms with Gasteiger partial charge in [-0.1, -0.05) is 18.2 Å². The largest absolute Gasteiger partial charge is 0.465 e. The quantitative estimate of drug-likeness (QED) is 0.688. The molecule has 1 heterocycles. The summed E-state index contributed by atoms with van der Waals surface area (Å²) in [6.45, 7) is 0. The lowest BCUT2D eigenvalue weighted by molar-refractivity contribution is 0.190. The molecule has 1 aliphatic rings. The number of carbonyl (C=O) groups is 1. The van der Waals surface area contributed by atoms with Crippen molar-refractivity contribution in [1.82, 2.24) is 10.3 Å². The summed E-state index contributed by atoms with van der Waals surface area (Å²) >= 11 is 1.47. The van der Waals surface area contributed by atoms with Crippen molar-refractivity contribution in [3.05, 3.63) is 65.1 Å². The third kappa shape index (κ3) is 3.15. The summed E-state index contributed by atoms with van der Waals surface area (Å²) in [7, 11) is 0. The van der Waals surface area contributed by atoms with Gasteiger partial charge < -0.3 is 10.4 Å². The molecule has 1 aromatic heterocycles. The zero-order chi connectivity index (χ0) is 19.0. The van der Waals surface area contributed by atoms with Gasteiger partial charge in [-0.25, -0.2) is 14.2 Å². The molecular formula is C20H14FN3O2S. The number of amides is 1. The van der Waals surface area contributed by atoms with Crippen molar-refractivity contribution < 1.29 is 14.3 Å². The topological polar surface area (TPSA) is 86.0 Å². The van der Waals surface area contributed by atoms with Crippen molar-refractivity contribution in [3.8, 4) is 27.1 Å². The second-order valence-corrected chi connectivity index (χ2v) is 7.28. The van der Waals surface area contributed by atoms with Crippen molar-refractivity contribution >= 4 is 17.4 Å². The molecule has 5 nitrogen and oxygen atoms in total. The van der Waals surface area contributed by atoms with Crippen LogP contribution in [0.2, 0.25) is 0 Å². The Labute approximate surface area is 158 Å². The van der Waals surface area contributed by atoms with Crippen LogP contribution in [0.3, 0.4) is 0 Å². The van der Waals surface area contributed by atoms with Crippen LogP contribution in [0.4, 0.5) is 9.18 Å². The van der Waals surface area contributed by atoms with Crippen LogP contribution in [0.1, 0.15) is 29.2 Å². The first-order valence-corrected chi connectivity index (χ1v) is 9.16. The molecule has 0 saturated carbocycles. The highest BCUT2D eigenvalue weighted by Gasteiger charge is 2.26. The van der Waals surface area contributed by atoms with Crippen LogP contribution < -0.4 is 5.32 Å². The van der Waals surface area contributed by atoms with E-state index in [1.807, 2.05) is 24.3 Å². The molecule has 1 aliphatic carbocycles. The zero-order valence-electron chi connectivity index (χ0n) is 14.1. The predicted molar refractivity (Wildman–Crippen MR) is 99.9 cm³/mol. The van der Waals surface area contributed by atoms with Gasteiger partial charge in [-0.2, -0.15) is 5.26 Å². The van der Waals surface area contributed by atoms with E-state index in [-0.39, 0.29) is 11.6 Å². The molecule has 0 radical (unpaired) electrons. The Balaban J connectivity index is 1.70. The summed E-state index contributed by atoms with van der Waals surface area (Å²) in [5.41, 5.74) is 3.85. The van der Waals surface area contributed by atoms with Gasteiger partial charge in [0.25, 0.3) is 0 Å². The van der Waals surface area contributed by atoms with E-state index in [1.54, 1.807) is 12.3 Å². The second-order valence-electron chi connectivity index (χ2n) is 6.25. The van der Waals surface area contributed by atoms with Crippen molar-refractivity contribution in [2.45, 2.75) is 18.9 Å². The van der Waals surface area contributed by atoms with Crippen LogP contribution in [0.5, 0.6) is 0 Å². The Hall–Kier alpha value is -3.24. The van der Waals surface area contributed by atoms with E-state index in [1.165, 1.54) is 23.5 Å². The number of carboxylic acid groups (broad SMARTS) is 1. The minimum absolute atomic E-state index is 0.00700. The molecule has 27 heavy (non-hydrogen) atoms. The van der Waals surface area contributed by atoms with Crippen molar-refractivity contribution in [2.75, 3.05) is 0 Å². The average Bonchev–Trinajstić information content (AvgIpc) is 3.29.